The van der Waals surface area contributed by atoms with Crippen LogP contribution in [0.25, 0.3) is 0 Å². The first-order valence-corrected chi connectivity index (χ1v) is 7.98. The molecule has 112 valence electrons. The van der Waals surface area contributed by atoms with Crippen LogP contribution in [0.1, 0.15) is 5.56 Å². The Morgan fingerprint density at radius 2 is 1.76 bits per heavy atom. The first kappa shape index (κ1) is 15.3. The quantitative estimate of drug-likeness (QED) is 0.797. The fourth-order valence-electron chi connectivity index (χ4n) is 1.96. The molecule has 0 saturated carbocycles. The molecule has 5 nitrogen and oxygen atoms in total. The van der Waals surface area contributed by atoms with Gasteiger partial charge in [0.25, 0.3) is 0 Å². The number of nitrogens with two attached hydrogens (primary N) is 1. The normalized spacial score (nSPS) is 11.3. The highest BCUT2D eigenvalue weighted by molar-refractivity contribution is 7.89. The molecule has 0 aliphatic carbocycles. The van der Waals surface area contributed by atoms with E-state index in [2.05, 4.69) is 4.72 Å². The highest BCUT2D eigenvalue weighted by atomic mass is 32.2. The van der Waals surface area contributed by atoms with Gasteiger partial charge in [-0.1, -0.05) is 18.2 Å². The SMILES string of the molecule is COc1ccccc1CCNS(=O)(=O)c1ccc(N)cc1. The second-order valence-electron chi connectivity index (χ2n) is 4.53. The average Bonchev–Trinajstić information content (AvgIpc) is 2.48. The van der Waals surface area contributed by atoms with Crippen LogP contribution >= 0.6 is 0 Å². The second kappa shape index (κ2) is 6.60. The van der Waals surface area contributed by atoms with E-state index in [0.717, 1.165) is 11.3 Å². The minimum Gasteiger partial charge on any atom is -0.496 e. The summed E-state index contributed by atoms with van der Waals surface area (Å²) >= 11 is 0. The molecule has 0 amide bonds. The Morgan fingerprint density at radius 3 is 2.43 bits per heavy atom. The molecule has 0 saturated heterocycles. The summed E-state index contributed by atoms with van der Waals surface area (Å²) in [4.78, 5) is 0.205. The lowest BCUT2D eigenvalue weighted by molar-refractivity contribution is 0.409. The van der Waals surface area contributed by atoms with Gasteiger partial charge >= 0.3 is 0 Å². The number of hydrogen-bond donors (Lipinski definition) is 2. The summed E-state index contributed by atoms with van der Waals surface area (Å²) in [5, 5.41) is 0. The van der Waals surface area contributed by atoms with E-state index in [1.165, 1.54) is 12.1 Å². The number of nitrogens with one attached hydrogen (secondary N) is 1. The maximum Gasteiger partial charge on any atom is 0.240 e. The molecule has 2 rings (SSSR count). The molecule has 0 fully saturated rings. The highest BCUT2D eigenvalue weighted by Gasteiger charge is 2.13. The number of ether oxygens (including phenoxy) is 1. The van der Waals surface area contributed by atoms with Gasteiger partial charge in [0.05, 0.1) is 12.0 Å². The van der Waals surface area contributed by atoms with Gasteiger partial charge in [0, 0.05) is 12.2 Å². The molecule has 0 heterocycles. The zero-order chi connectivity index (χ0) is 15.3. The van der Waals surface area contributed by atoms with Crippen LogP contribution in [0.4, 0.5) is 5.69 Å². The van der Waals surface area contributed by atoms with Gasteiger partial charge in [0.15, 0.2) is 0 Å². The molecule has 21 heavy (non-hydrogen) atoms. The lowest BCUT2D eigenvalue weighted by Crippen LogP contribution is -2.26. The maximum absolute atomic E-state index is 12.1. The molecule has 6 heteroatoms. The Hall–Kier alpha value is -2.05. The summed E-state index contributed by atoms with van der Waals surface area (Å²) in [6.07, 6.45) is 0.554. The molecule has 3 N–H and O–H groups in total. The van der Waals surface area contributed by atoms with Crippen LogP contribution in [0.5, 0.6) is 5.75 Å². The van der Waals surface area contributed by atoms with Crippen LogP contribution in [-0.2, 0) is 16.4 Å². The third-order valence-electron chi connectivity index (χ3n) is 3.07. The summed E-state index contributed by atoms with van der Waals surface area (Å²) in [6, 6.07) is 13.6. The molecule has 0 atom stereocenters. The van der Waals surface area contributed by atoms with Gasteiger partial charge < -0.3 is 10.5 Å². The van der Waals surface area contributed by atoms with E-state index in [9.17, 15) is 8.42 Å². The maximum atomic E-state index is 12.1. The molecule has 0 unspecified atom stereocenters. The summed E-state index contributed by atoms with van der Waals surface area (Å²) in [5.74, 6) is 0.754. The molecule has 0 aromatic heterocycles. The minimum atomic E-state index is -3.51. The van der Waals surface area contributed by atoms with Crippen LogP contribution < -0.4 is 15.2 Å². The van der Waals surface area contributed by atoms with Gasteiger partial charge in [-0.05, 0) is 42.3 Å². The van der Waals surface area contributed by atoms with Crippen molar-refractivity contribution in [2.75, 3.05) is 19.4 Å². The van der Waals surface area contributed by atoms with Crippen molar-refractivity contribution in [2.24, 2.45) is 0 Å². The molecule has 0 aliphatic rings. The largest absolute Gasteiger partial charge is 0.496 e. The van der Waals surface area contributed by atoms with Crippen molar-refractivity contribution in [1.82, 2.24) is 4.72 Å². The third kappa shape index (κ3) is 3.96. The predicted molar refractivity (Wildman–Crippen MR) is 82.7 cm³/mol. The summed E-state index contributed by atoms with van der Waals surface area (Å²) in [6.45, 7) is 0.299. The fraction of sp³-hybridized carbons (Fsp3) is 0.200. The van der Waals surface area contributed by atoms with E-state index >= 15 is 0 Å². The molecule has 0 radical (unpaired) electrons. The van der Waals surface area contributed by atoms with E-state index < -0.39 is 10.0 Å². The molecule has 0 spiro atoms. The van der Waals surface area contributed by atoms with Crippen LogP contribution in [0.3, 0.4) is 0 Å². The summed E-state index contributed by atoms with van der Waals surface area (Å²) < 4.78 is 32.0. The van der Waals surface area contributed by atoms with Crippen molar-refractivity contribution in [3.05, 3.63) is 54.1 Å². The number of benzene rings is 2. The van der Waals surface area contributed by atoms with E-state index in [-0.39, 0.29) is 4.90 Å². The van der Waals surface area contributed by atoms with Crippen molar-refractivity contribution in [3.63, 3.8) is 0 Å². The van der Waals surface area contributed by atoms with Gasteiger partial charge in [-0.2, -0.15) is 0 Å². The molecule has 0 bridgehead atoms. The minimum absolute atomic E-state index is 0.205. The van der Waals surface area contributed by atoms with Gasteiger partial charge in [-0.15, -0.1) is 0 Å². The fourth-order valence-corrected chi connectivity index (χ4v) is 2.99. The third-order valence-corrected chi connectivity index (χ3v) is 4.55. The van der Waals surface area contributed by atoms with Gasteiger partial charge in [0.2, 0.25) is 10.0 Å². The van der Waals surface area contributed by atoms with Crippen molar-refractivity contribution in [1.29, 1.82) is 0 Å². The molecular weight excluding hydrogens is 288 g/mol. The predicted octanol–water partition coefficient (Wildman–Crippen LogP) is 1.80. The number of methoxy groups -OCH3 is 1. The Morgan fingerprint density at radius 1 is 1.10 bits per heavy atom. The van der Waals surface area contributed by atoms with Crippen LogP contribution in [0, 0.1) is 0 Å². The number of anilines is 1. The van der Waals surface area contributed by atoms with Crippen molar-refractivity contribution in [2.45, 2.75) is 11.3 Å². The molecule has 2 aromatic carbocycles. The number of rotatable bonds is 6. The second-order valence-corrected chi connectivity index (χ2v) is 6.30. The summed E-state index contributed by atoms with van der Waals surface area (Å²) in [5.41, 5.74) is 7.04. The first-order valence-electron chi connectivity index (χ1n) is 6.50. The highest BCUT2D eigenvalue weighted by Crippen LogP contribution is 2.17. The Bertz CT molecular complexity index is 697. The monoisotopic (exact) mass is 306 g/mol. The number of hydrogen-bond acceptors (Lipinski definition) is 4. The first-order chi connectivity index (χ1) is 10.0. The van der Waals surface area contributed by atoms with Gasteiger partial charge in [-0.25, -0.2) is 13.1 Å². The number of nitrogen functional groups attached to an aromatic ring is 1. The van der Waals surface area contributed by atoms with Gasteiger partial charge in [-0.3, -0.25) is 0 Å². The summed E-state index contributed by atoms with van der Waals surface area (Å²) in [7, 11) is -1.92. The smallest absolute Gasteiger partial charge is 0.240 e. The van der Waals surface area contributed by atoms with Crippen LogP contribution in [0.2, 0.25) is 0 Å². The van der Waals surface area contributed by atoms with Crippen LogP contribution in [0.15, 0.2) is 53.4 Å². The van der Waals surface area contributed by atoms with Gasteiger partial charge in [0.1, 0.15) is 5.75 Å². The van der Waals surface area contributed by atoms with E-state index in [0.29, 0.717) is 18.7 Å². The Labute approximate surface area is 124 Å². The Kier molecular flexibility index (Phi) is 4.82. The van der Waals surface area contributed by atoms with Crippen molar-refractivity contribution in [3.8, 4) is 5.75 Å². The Balaban J connectivity index is 2.01. The van der Waals surface area contributed by atoms with Crippen molar-refractivity contribution >= 4 is 15.7 Å². The van der Waals surface area contributed by atoms with E-state index in [1.54, 1.807) is 19.2 Å². The topological polar surface area (TPSA) is 81.4 Å². The molecule has 0 aliphatic heterocycles. The number of para-hydroxylation sites is 1. The standard InChI is InChI=1S/C15H18N2O3S/c1-20-15-5-3-2-4-12(15)10-11-17-21(18,19)14-8-6-13(16)7-9-14/h2-9,17H,10-11,16H2,1H3. The molecule has 2 aromatic rings. The molecular formula is C15H18N2O3S. The van der Waals surface area contributed by atoms with Crippen molar-refractivity contribution < 1.29 is 13.2 Å². The zero-order valence-electron chi connectivity index (χ0n) is 11.7. The average molecular weight is 306 g/mol. The lowest BCUT2D eigenvalue weighted by Gasteiger charge is -2.09. The number of sulfonamides is 1. The van der Waals surface area contributed by atoms with Crippen LogP contribution in [-0.4, -0.2) is 22.1 Å². The zero-order valence-corrected chi connectivity index (χ0v) is 12.6. The van der Waals surface area contributed by atoms with E-state index in [4.69, 9.17) is 10.5 Å². The van der Waals surface area contributed by atoms with E-state index in [1.807, 2.05) is 24.3 Å². The lowest BCUT2D eigenvalue weighted by atomic mass is 10.1.